The molecule has 1 heterocycles. The SMILES string of the molecule is C[C@@H]1[C@@H]([Si](C)(C)O)[C@H](CC(=O)N(CCO)Cc2ccccc2)O[C@@H]1CCc1cccc(NC(=O)c2ccc(N)cc2)c1. The molecule has 1 aliphatic heterocycles. The number of hydrogen-bond donors (Lipinski definition) is 4. The maximum absolute atomic E-state index is 13.4. The van der Waals surface area contributed by atoms with Crippen LogP contribution in [0.5, 0.6) is 0 Å². The maximum atomic E-state index is 13.4. The second-order valence-electron chi connectivity index (χ2n) is 11.8. The zero-order valence-electron chi connectivity index (χ0n) is 24.7. The van der Waals surface area contributed by atoms with E-state index >= 15 is 0 Å². The molecule has 4 rings (SSSR count). The molecule has 224 valence electrons. The highest BCUT2D eigenvalue weighted by Gasteiger charge is 2.50. The highest BCUT2D eigenvalue weighted by atomic mass is 28.4. The Bertz CT molecular complexity index is 1330. The fourth-order valence-corrected chi connectivity index (χ4v) is 8.68. The van der Waals surface area contributed by atoms with E-state index in [0.29, 0.717) is 23.5 Å². The summed E-state index contributed by atoms with van der Waals surface area (Å²) < 4.78 is 6.53. The van der Waals surface area contributed by atoms with E-state index in [4.69, 9.17) is 10.5 Å². The van der Waals surface area contributed by atoms with Gasteiger partial charge in [0.1, 0.15) is 0 Å². The lowest BCUT2D eigenvalue weighted by atomic mass is 9.95. The van der Waals surface area contributed by atoms with Gasteiger partial charge in [0.15, 0.2) is 8.32 Å². The number of hydrogen-bond acceptors (Lipinski definition) is 6. The van der Waals surface area contributed by atoms with Gasteiger partial charge in [-0.1, -0.05) is 49.4 Å². The van der Waals surface area contributed by atoms with Gasteiger partial charge in [0.25, 0.3) is 5.91 Å². The van der Waals surface area contributed by atoms with Crippen molar-refractivity contribution in [2.45, 2.75) is 63.6 Å². The van der Waals surface area contributed by atoms with E-state index in [1.165, 1.54) is 0 Å². The summed E-state index contributed by atoms with van der Waals surface area (Å²) in [6.07, 6.45) is 1.13. The van der Waals surface area contributed by atoms with Crippen LogP contribution in [0.3, 0.4) is 0 Å². The number of aryl methyl sites for hydroxylation is 1. The number of benzene rings is 3. The Balaban J connectivity index is 1.40. The topological polar surface area (TPSA) is 125 Å². The van der Waals surface area contributed by atoms with Gasteiger partial charge in [-0.05, 0) is 79.4 Å². The van der Waals surface area contributed by atoms with Gasteiger partial charge in [0.05, 0.1) is 25.2 Å². The van der Waals surface area contributed by atoms with Crippen molar-refractivity contribution in [3.8, 4) is 0 Å². The van der Waals surface area contributed by atoms with Gasteiger partial charge >= 0.3 is 0 Å². The normalized spacial score (nSPS) is 20.3. The molecule has 1 aliphatic rings. The number of rotatable bonds is 12. The summed E-state index contributed by atoms with van der Waals surface area (Å²) in [6, 6.07) is 24.3. The highest BCUT2D eigenvalue weighted by molar-refractivity contribution is 6.71. The molecule has 5 N–H and O–H groups in total. The van der Waals surface area contributed by atoms with E-state index in [0.717, 1.165) is 24.0 Å². The Morgan fingerprint density at radius 2 is 1.67 bits per heavy atom. The van der Waals surface area contributed by atoms with Crippen molar-refractivity contribution in [1.82, 2.24) is 4.90 Å². The molecular weight excluding hydrogens is 546 g/mol. The van der Waals surface area contributed by atoms with Gasteiger partial charge in [-0.2, -0.15) is 0 Å². The summed E-state index contributed by atoms with van der Waals surface area (Å²) in [5, 5.41) is 12.6. The minimum atomic E-state index is -2.66. The van der Waals surface area contributed by atoms with Gasteiger partial charge in [-0.25, -0.2) is 0 Å². The number of aliphatic hydroxyl groups is 1. The van der Waals surface area contributed by atoms with Crippen LogP contribution in [0.4, 0.5) is 11.4 Å². The molecule has 3 aromatic rings. The van der Waals surface area contributed by atoms with Gasteiger partial charge in [-0.3, -0.25) is 9.59 Å². The lowest BCUT2D eigenvalue weighted by molar-refractivity contribution is -0.135. The molecule has 42 heavy (non-hydrogen) atoms. The number of amides is 2. The first-order chi connectivity index (χ1) is 20.0. The lowest BCUT2D eigenvalue weighted by Gasteiger charge is -2.31. The first kappa shape index (κ1) is 31.4. The molecule has 4 atom stereocenters. The molecule has 0 spiro atoms. The molecule has 0 saturated carbocycles. The van der Waals surface area contributed by atoms with Crippen molar-refractivity contribution >= 4 is 31.5 Å². The summed E-state index contributed by atoms with van der Waals surface area (Å²) in [5.41, 5.74) is 9.55. The third kappa shape index (κ3) is 8.29. The Morgan fingerprint density at radius 3 is 2.33 bits per heavy atom. The summed E-state index contributed by atoms with van der Waals surface area (Å²) in [5.74, 6) is -0.199. The molecule has 2 amide bonds. The van der Waals surface area contributed by atoms with E-state index in [9.17, 15) is 19.5 Å². The Kier molecular flexibility index (Phi) is 10.6. The molecular formula is C33H43N3O5Si. The minimum Gasteiger partial charge on any atom is -0.432 e. The number of nitrogen functional groups attached to an aromatic ring is 1. The molecule has 0 aliphatic carbocycles. The molecule has 1 saturated heterocycles. The van der Waals surface area contributed by atoms with Crippen LogP contribution >= 0.6 is 0 Å². The van der Waals surface area contributed by atoms with Crippen molar-refractivity contribution in [3.05, 3.63) is 95.6 Å². The van der Waals surface area contributed by atoms with Crippen LogP contribution in [0, 0.1) is 5.92 Å². The number of carbonyl (C=O) groups excluding carboxylic acids is 2. The highest BCUT2D eigenvalue weighted by Crippen LogP contribution is 2.45. The van der Waals surface area contributed by atoms with Crippen molar-refractivity contribution in [2.24, 2.45) is 5.92 Å². The second-order valence-corrected chi connectivity index (χ2v) is 15.8. The molecule has 0 aromatic heterocycles. The van der Waals surface area contributed by atoms with Crippen LogP contribution in [0.2, 0.25) is 18.6 Å². The van der Waals surface area contributed by atoms with Crippen LogP contribution < -0.4 is 11.1 Å². The van der Waals surface area contributed by atoms with Gasteiger partial charge in [0, 0.05) is 35.6 Å². The smallest absolute Gasteiger partial charge is 0.255 e. The van der Waals surface area contributed by atoms with Crippen molar-refractivity contribution in [2.75, 3.05) is 24.2 Å². The van der Waals surface area contributed by atoms with Gasteiger partial charge < -0.3 is 30.6 Å². The Labute approximate surface area is 249 Å². The lowest BCUT2D eigenvalue weighted by Crippen LogP contribution is -2.42. The predicted octanol–water partition coefficient (Wildman–Crippen LogP) is 4.84. The van der Waals surface area contributed by atoms with E-state index in [-0.39, 0.29) is 55.1 Å². The predicted molar refractivity (Wildman–Crippen MR) is 168 cm³/mol. The molecule has 3 aromatic carbocycles. The summed E-state index contributed by atoms with van der Waals surface area (Å²) in [7, 11) is -2.66. The first-order valence-corrected chi connectivity index (χ1v) is 17.6. The number of carbonyl (C=O) groups is 2. The first-order valence-electron chi connectivity index (χ1n) is 14.6. The van der Waals surface area contributed by atoms with Gasteiger partial charge in [0.2, 0.25) is 5.91 Å². The molecule has 0 bridgehead atoms. The fraction of sp³-hybridized carbons (Fsp3) is 0.394. The Hall–Kier alpha value is -3.50. The zero-order valence-corrected chi connectivity index (χ0v) is 25.7. The molecule has 9 heteroatoms. The third-order valence-corrected chi connectivity index (χ3v) is 10.6. The number of nitrogens with two attached hydrogens (primary N) is 1. The third-order valence-electron chi connectivity index (χ3n) is 8.11. The number of anilines is 2. The maximum Gasteiger partial charge on any atom is 0.255 e. The van der Waals surface area contributed by atoms with E-state index in [1.54, 1.807) is 29.2 Å². The van der Waals surface area contributed by atoms with Crippen LogP contribution in [0.25, 0.3) is 0 Å². The summed E-state index contributed by atoms with van der Waals surface area (Å²) in [4.78, 5) is 39.0. The average molecular weight is 590 g/mol. The van der Waals surface area contributed by atoms with E-state index < -0.39 is 8.32 Å². The van der Waals surface area contributed by atoms with E-state index in [1.807, 2.05) is 67.7 Å². The molecule has 8 nitrogen and oxygen atoms in total. The summed E-state index contributed by atoms with van der Waals surface area (Å²) in [6.45, 7) is 6.49. The monoisotopic (exact) mass is 589 g/mol. The second kappa shape index (κ2) is 14.1. The largest absolute Gasteiger partial charge is 0.432 e. The van der Waals surface area contributed by atoms with Gasteiger partial charge in [-0.15, -0.1) is 0 Å². The number of nitrogens with one attached hydrogen (secondary N) is 1. The minimum absolute atomic E-state index is 0.0847. The standard InChI is InChI=1S/C33H43N3O5Si/c1-23-29(17-12-24-10-7-11-28(20-24)35-33(39)26-13-15-27(34)16-14-26)41-30(32(23)42(2,3)40)21-31(38)36(18-19-37)22-25-8-5-4-6-9-25/h4-11,13-16,20,23,29-30,32,37,40H,12,17-19,21-22,34H2,1-3H3,(H,35,39)/t23-,29+,30-,32+/m0/s1. The van der Waals surface area contributed by atoms with Crippen LogP contribution in [-0.4, -0.2) is 60.3 Å². The molecule has 0 unspecified atom stereocenters. The van der Waals surface area contributed by atoms with Crippen molar-refractivity contribution in [3.63, 3.8) is 0 Å². The van der Waals surface area contributed by atoms with Crippen molar-refractivity contribution < 1.29 is 24.2 Å². The van der Waals surface area contributed by atoms with Crippen LogP contribution in [0.15, 0.2) is 78.9 Å². The van der Waals surface area contributed by atoms with Crippen LogP contribution in [0.1, 0.15) is 41.3 Å². The quantitative estimate of drug-likeness (QED) is 0.177. The molecule has 0 radical (unpaired) electrons. The number of aliphatic hydroxyl groups excluding tert-OH is 1. The zero-order chi connectivity index (χ0) is 30.3. The Morgan fingerprint density at radius 1 is 0.976 bits per heavy atom. The number of ether oxygens (including phenoxy) is 1. The van der Waals surface area contributed by atoms with E-state index in [2.05, 4.69) is 12.2 Å². The molecule has 1 fully saturated rings. The fourth-order valence-electron chi connectivity index (χ4n) is 6.08. The average Bonchev–Trinajstić information content (AvgIpc) is 3.27. The number of nitrogens with zero attached hydrogens (tertiary/aromatic N) is 1. The van der Waals surface area contributed by atoms with Crippen molar-refractivity contribution in [1.29, 1.82) is 0 Å². The van der Waals surface area contributed by atoms with Crippen LogP contribution in [-0.2, 0) is 22.5 Å². The summed E-state index contributed by atoms with van der Waals surface area (Å²) >= 11 is 0.